The van der Waals surface area contributed by atoms with Gasteiger partial charge < -0.3 is 4.74 Å². The predicted octanol–water partition coefficient (Wildman–Crippen LogP) is 3.68. The van der Waals surface area contributed by atoms with Crippen molar-refractivity contribution in [2.45, 2.75) is 0 Å². The van der Waals surface area contributed by atoms with E-state index in [4.69, 9.17) is 16.3 Å². The van der Waals surface area contributed by atoms with Crippen molar-refractivity contribution in [2.75, 3.05) is 0 Å². The van der Waals surface area contributed by atoms with E-state index < -0.39 is 0 Å². The summed E-state index contributed by atoms with van der Waals surface area (Å²) < 4.78 is 6.38. The first-order valence-corrected chi connectivity index (χ1v) is 5.32. The van der Waals surface area contributed by atoms with Crippen LogP contribution in [0.15, 0.2) is 41.3 Å². The Hall–Kier alpha value is -1.13. The number of hydrogen-bond donors (Lipinski definition) is 0. The topological polar surface area (TPSA) is 35.0 Å². The van der Waals surface area contributed by atoms with Crippen LogP contribution in [0.4, 0.5) is 0 Å². The highest BCUT2D eigenvalue weighted by molar-refractivity contribution is 9.10. The molecule has 0 atom stereocenters. The number of rotatable bonds is 2. The van der Waals surface area contributed by atoms with Gasteiger partial charge in [-0.15, -0.1) is 0 Å². The summed E-state index contributed by atoms with van der Waals surface area (Å²) in [5.41, 5.74) is 0. The number of ether oxygens (including phenoxy) is 1. The first-order valence-electron chi connectivity index (χ1n) is 4.14. The maximum absolute atomic E-state index is 5.96. The molecule has 2 rings (SSSR count). The smallest absolute Gasteiger partial charge is 0.222 e. The molecule has 2 aromatic rings. The standard InChI is InChI=1S/C10H6BrClN2O/c11-7-1-2-8(12)9(5-7)15-10-3-4-13-6-14-10/h1-6H. The summed E-state index contributed by atoms with van der Waals surface area (Å²) in [6.07, 6.45) is 3.02. The molecule has 1 aromatic heterocycles. The third-order valence-electron chi connectivity index (χ3n) is 1.66. The van der Waals surface area contributed by atoms with Gasteiger partial charge in [0.15, 0.2) is 0 Å². The summed E-state index contributed by atoms with van der Waals surface area (Å²) in [6, 6.07) is 7.04. The number of halogens is 2. The maximum atomic E-state index is 5.96. The minimum Gasteiger partial charge on any atom is -0.437 e. The molecule has 5 heteroatoms. The second kappa shape index (κ2) is 4.59. The molecule has 0 radical (unpaired) electrons. The summed E-state index contributed by atoms with van der Waals surface area (Å²) in [5.74, 6) is 1.02. The van der Waals surface area contributed by atoms with Gasteiger partial charge in [0.05, 0.1) is 5.02 Å². The molecule has 0 spiro atoms. The second-order valence-corrected chi connectivity index (χ2v) is 4.05. The molecule has 0 bridgehead atoms. The van der Waals surface area contributed by atoms with Gasteiger partial charge in [0.1, 0.15) is 12.1 Å². The Balaban J connectivity index is 2.28. The number of benzene rings is 1. The van der Waals surface area contributed by atoms with Crippen molar-refractivity contribution in [1.29, 1.82) is 0 Å². The number of hydrogen-bond acceptors (Lipinski definition) is 3. The lowest BCUT2D eigenvalue weighted by atomic mass is 10.3. The zero-order valence-corrected chi connectivity index (χ0v) is 9.86. The van der Waals surface area contributed by atoms with Crippen LogP contribution in [0.25, 0.3) is 0 Å². The Labute approximate surface area is 100 Å². The molecule has 0 aliphatic rings. The second-order valence-electron chi connectivity index (χ2n) is 2.72. The molecule has 0 unspecified atom stereocenters. The summed E-state index contributed by atoms with van der Waals surface area (Å²) >= 11 is 9.30. The monoisotopic (exact) mass is 284 g/mol. The van der Waals surface area contributed by atoms with Gasteiger partial charge in [-0.25, -0.2) is 9.97 Å². The van der Waals surface area contributed by atoms with Crippen LogP contribution >= 0.6 is 27.5 Å². The zero-order chi connectivity index (χ0) is 10.7. The largest absolute Gasteiger partial charge is 0.437 e. The molecule has 76 valence electrons. The van der Waals surface area contributed by atoms with Crippen LogP contribution in [0.1, 0.15) is 0 Å². The van der Waals surface area contributed by atoms with Gasteiger partial charge in [-0.2, -0.15) is 0 Å². The zero-order valence-electron chi connectivity index (χ0n) is 7.52. The normalized spacial score (nSPS) is 10.0. The average Bonchev–Trinajstić information content (AvgIpc) is 2.25. The van der Waals surface area contributed by atoms with Crippen LogP contribution in [0.3, 0.4) is 0 Å². The molecule has 3 nitrogen and oxygen atoms in total. The van der Waals surface area contributed by atoms with E-state index in [2.05, 4.69) is 25.9 Å². The Morgan fingerprint density at radius 2 is 2.13 bits per heavy atom. The quantitative estimate of drug-likeness (QED) is 0.844. The minimum atomic E-state index is 0.463. The molecule has 0 fully saturated rings. The minimum absolute atomic E-state index is 0.463. The fraction of sp³-hybridized carbons (Fsp3) is 0. The molecule has 0 saturated carbocycles. The molecular weight excluding hydrogens is 279 g/mol. The van der Waals surface area contributed by atoms with Crippen LogP contribution in [0.5, 0.6) is 11.6 Å². The van der Waals surface area contributed by atoms with Crippen LogP contribution < -0.4 is 4.74 Å². The number of aromatic nitrogens is 2. The summed E-state index contributed by atoms with van der Waals surface area (Å²) in [6.45, 7) is 0. The highest BCUT2D eigenvalue weighted by atomic mass is 79.9. The molecule has 0 aliphatic heterocycles. The molecular formula is C10H6BrClN2O. The van der Waals surface area contributed by atoms with Crippen molar-refractivity contribution in [3.8, 4) is 11.6 Å². The lowest BCUT2D eigenvalue weighted by Gasteiger charge is -2.05. The van der Waals surface area contributed by atoms with Crippen molar-refractivity contribution in [3.63, 3.8) is 0 Å². The predicted molar refractivity (Wildman–Crippen MR) is 61.3 cm³/mol. The summed E-state index contributed by atoms with van der Waals surface area (Å²) in [5, 5.41) is 0.539. The van der Waals surface area contributed by atoms with Crippen molar-refractivity contribution < 1.29 is 4.74 Å². The maximum Gasteiger partial charge on any atom is 0.222 e. The molecule has 1 heterocycles. The van der Waals surface area contributed by atoms with Gasteiger partial charge in [-0.05, 0) is 18.2 Å². The Morgan fingerprint density at radius 3 is 2.87 bits per heavy atom. The Kier molecular flexibility index (Phi) is 3.18. The van der Waals surface area contributed by atoms with E-state index in [9.17, 15) is 0 Å². The highest BCUT2D eigenvalue weighted by Crippen LogP contribution is 2.30. The van der Waals surface area contributed by atoms with Gasteiger partial charge in [0, 0.05) is 16.7 Å². The summed E-state index contributed by atoms with van der Waals surface area (Å²) in [4.78, 5) is 7.73. The lowest BCUT2D eigenvalue weighted by Crippen LogP contribution is -1.88. The van der Waals surface area contributed by atoms with Gasteiger partial charge >= 0.3 is 0 Å². The lowest BCUT2D eigenvalue weighted by molar-refractivity contribution is 0.461. The molecule has 15 heavy (non-hydrogen) atoms. The van der Waals surface area contributed by atoms with Crippen LogP contribution in [-0.2, 0) is 0 Å². The van der Waals surface area contributed by atoms with E-state index in [1.165, 1.54) is 6.33 Å². The first-order chi connectivity index (χ1) is 7.25. The third kappa shape index (κ3) is 2.67. The van der Waals surface area contributed by atoms with Crippen LogP contribution in [0, 0.1) is 0 Å². The SMILES string of the molecule is Clc1ccc(Br)cc1Oc1ccncn1. The van der Waals surface area contributed by atoms with Crippen molar-refractivity contribution in [2.24, 2.45) is 0 Å². The Bertz CT molecular complexity index is 464. The molecule has 0 amide bonds. The molecule has 0 aliphatic carbocycles. The van der Waals surface area contributed by atoms with Gasteiger partial charge in [0.2, 0.25) is 5.88 Å². The van der Waals surface area contributed by atoms with E-state index in [1.807, 2.05) is 6.07 Å². The molecule has 0 N–H and O–H groups in total. The highest BCUT2D eigenvalue weighted by Gasteiger charge is 2.04. The van der Waals surface area contributed by atoms with Crippen molar-refractivity contribution >= 4 is 27.5 Å². The first kappa shape index (κ1) is 10.4. The van der Waals surface area contributed by atoms with Crippen molar-refractivity contribution in [3.05, 3.63) is 46.3 Å². The summed E-state index contributed by atoms with van der Waals surface area (Å²) in [7, 11) is 0. The van der Waals surface area contributed by atoms with E-state index in [-0.39, 0.29) is 0 Å². The molecule has 0 saturated heterocycles. The average molecular weight is 286 g/mol. The Morgan fingerprint density at radius 1 is 1.27 bits per heavy atom. The van der Waals surface area contributed by atoms with Crippen LogP contribution in [-0.4, -0.2) is 9.97 Å². The van der Waals surface area contributed by atoms with E-state index in [0.29, 0.717) is 16.7 Å². The van der Waals surface area contributed by atoms with Crippen molar-refractivity contribution in [1.82, 2.24) is 9.97 Å². The van der Waals surface area contributed by atoms with E-state index in [1.54, 1.807) is 24.4 Å². The van der Waals surface area contributed by atoms with E-state index in [0.717, 1.165) is 4.47 Å². The fourth-order valence-electron chi connectivity index (χ4n) is 1.01. The van der Waals surface area contributed by atoms with E-state index >= 15 is 0 Å². The third-order valence-corrected chi connectivity index (χ3v) is 2.47. The fourth-order valence-corrected chi connectivity index (χ4v) is 1.50. The van der Waals surface area contributed by atoms with Gasteiger partial charge in [-0.3, -0.25) is 0 Å². The van der Waals surface area contributed by atoms with Crippen LogP contribution in [0.2, 0.25) is 5.02 Å². The number of nitrogens with zero attached hydrogens (tertiary/aromatic N) is 2. The van der Waals surface area contributed by atoms with Gasteiger partial charge in [-0.1, -0.05) is 27.5 Å². The van der Waals surface area contributed by atoms with Gasteiger partial charge in [0.25, 0.3) is 0 Å². The molecule has 1 aromatic carbocycles.